The summed E-state index contributed by atoms with van der Waals surface area (Å²) >= 11 is 2.43. The lowest BCUT2D eigenvalue weighted by atomic mass is 9.97. The molecule has 0 fully saturated rings. The van der Waals surface area contributed by atoms with Crippen molar-refractivity contribution in [1.29, 1.82) is 0 Å². The number of hydrogen-bond donors (Lipinski definition) is 0. The molecule has 266 valence electrons. The number of hydrogen-bond acceptors (Lipinski definition) is 2. The number of fused-ring (bicyclic) bond motifs is 9. The molecule has 0 N–H and O–H groups in total. The zero-order chi connectivity index (χ0) is 38.1. The number of halogens is 1. The highest BCUT2D eigenvalue weighted by molar-refractivity contribution is 14.1. The molecule has 0 aliphatic rings. The number of rotatable bonds is 1. The summed E-state index contributed by atoms with van der Waals surface area (Å²) in [6.07, 6.45) is 0. The van der Waals surface area contributed by atoms with Crippen LogP contribution in [-0.4, -0.2) is 0 Å². The Morgan fingerprint density at radius 2 is 0.737 bits per heavy atom. The van der Waals surface area contributed by atoms with Gasteiger partial charge in [0.05, 0.1) is 11.1 Å². The summed E-state index contributed by atoms with van der Waals surface area (Å²) in [6.45, 7) is 0. The SMILES string of the molecule is C(#Cc1cccc2c1oc1ccccc12)c1ccccc1-c1ccccc1.Ic1c(C#Cc2cccc3c2oc2ccccc23)c2ccccc2c2ccccc12. The molecule has 0 bridgehead atoms. The first kappa shape index (κ1) is 34.4. The Hall–Kier alpha value is -7.05. The van der Waals surface area contributed by atoms with E-state index in [4.69, 9.17) is 8.83 Å². The molecule has 2 aromatic heterocycles. The van der Waals surface area contributed by atoms with Gasteiger partial charge in [-0.25, -0.2) is 0 Å². The molecule has 0 amide bonds. The van der Waals surface area contributed by atoms with E-state index in [9.17, 15) is 0 Å². The van der Waals surface area contributed by atoms with Crippen LogP contribution in [0.2, 0.25) is 0 Å². The van der Waals surface area contributed by atoms with Gasteiger partial charge in [0, 0.05) is 36.2 Å². The van der Waals surface area contributed by atoms with Crippen molar-refractivity contribution >= 4 is 88.0 Å². The average Bonchev–Trinajstić information content (AvgIpc) is 3.86. The number of para-hydroxylation sites is 4. The lowest BCUT2D eigenvalue weighted by Gasteiger charge is -2.09. The second-order valence-corrected chi connectivity index (χ2v) is 14.8. The zero-order valence-corrected chi connectivity index (χ0v) is 32.7. The summed E-state index contributed by atoms with van der Waals surface area (Å²) in [7, 11) is 0. The predicted molar refractivity (Wildman–Crippen MR) is 245 cm³/mol. The smallest absolute Gasteiger partial charge is 0.151 e. The van der Waals surface area contributed by atoms with Crippen LogP contribution in [0.1, 0.15) is 22.3 Å². The molecule has 11 rings (SSSR count). The molecule has 0 unspecified atom stereocenters. The third-order valence-electron chi connectivity index (χ3n) is 10.3. The molecule has 11 aromatic rings. The first-order chi connectivity index (χ1) is 28.2. The summed E-state index contributed by atoms with van der Waals surface area (Å²) in [4.78, 5) is 0. The zero-order valence-electron chi connectivity index (χ0n) is 30.6. The third kappa shape index (κ3) is 6.39. The first-order valence-electron chi connectivity index (χ1n) is 18.8. The molecular weight excluding hydrogens is 807 g/mol. The van der Waals surface area contributed by atoms with Crippen molar-refractivity contribution in [2.45, 2.75) is 0 Å². The minimum Gasteiger partial charge on any atom is -0.455 e. The maximum Gasteiger partial charge on any atom is 0.151 e. The van der Waals surface area contributed by atoms with Crippen molar-refractivity contribution < 1.29 is 8.83 Å². The topological polar surface area (TPSA) is 26.3 Å². The van der Waals surface area contributed by atoms with Gasteiger partial charge in [-0.2, -0.15) is 0 Å². The molecule has 0 spiro atoms. The van der Waals surface area contributed by atoms with Crippen molar-refractivity contribution in [2.75, 3.05) is 0 Å². The van der Waals surface area contributed by atoms with E-state index in [0.29, 0.717) is 0 Å². The molecule has 0 atom stereocenters. The van der Waals surface area contributed by atoms with Gasteiger partial charge in [-0.1, -0.05) is 181 Å². The number of benzene rings is 9. The minimum atomic E-state index is 0.850. The largest absolute Gasteiger partial charge is 0.455 e. The van der Waals surface area contributed by atoms with Crippen molar-refractivity contribution in [3.63, 3.8) is 0 Å². The summed E-state index contributed by atoms with van der Waals surface area (Å²) in [6, 6.07) is 64.2. The lowest BCUT2D eigenvalue weighted by Crippen LogP contribution is -1.89. The molecule has 9 aromatic carbocycles. The molecule has 57 heavy (non-hydrogen) atoms. The maximum absolute atomic E-state index is 6.16. The first-order valence-corrected chi connectivity index (χ1v) is 19.9. The second kappa shape index (κ2) is 14.9. The quantitative estimate of drug-likeness (QED) is 0.0935. The van der Waals surface area contributed by atoms with E-state index >= 15 is 0 Å². The maximum atomic E-state index is 6.16. The van der Waals surface area contributed by atoms with Crippen molar-refractivity contribution in [2.24, 2.45) is 0 Å². The third-order valence-corrected chi connectivity index (χ3v) is 11.5. The van der Waals surface area contributed by atoms with Gasteiger partial charge in [-0.3, -0.25) is 0 Å². The molecule has 0 saturated carbocycles. The van der Waals surface area contributed by atoms with Crippen LogP contribution in [0.25, 0.3) is 76.5 Å². The van der Waals surface area contributed by atoms with Crippen LogP contribution in [0.15, 0.2) is 197 Å². The van der Waals surface area contributed by atoms with E-state index in [1.165, 1.54) is 30.7 Å². The Balaban J connectivity index is 0.000000140. The van der Waals surface area contributed by atoms with E-state index in [2.05, 4.69) is 162 Å². The minimum absolute atomic E-state index is 0.850. The van der Waals surface area contributed by atoms with E-state index in [1.807, 2.05) is 72.8 Å². The highest BCUT2D eigenvalue weighted by atomic mass is 127. The van der Waals surface area contributed by atoms with Crippen LogP contribution < -0.4 is 0 Å². The standard InChI is InChI=1S/C28H15IO.C26H16O/c29-27-23-13-4-3-10-20(23)19-9-1-2-11-21(19)24(27)17-16-18-8-7-14-25-22-12-5-6-15-26(22)30-28(18)25;1-2-9-19(10-3-1)22-13-5-4-11-20(22)17-18-21-12-8-15-24-23-14-6-7-16-25(23)27-26(21)24/h1-15H;1-16H. The van der Waals surface area contributed by atoms with E-state index in [0.717, 1.165) is 71.7 Å². The molecule has 0 aliphatic carbocycles. The number of furan rings is 2. The highest BCUT2D eigenvalue weighted by Crippen LogP contribution is 2.35. The van der Waals surface area contributed by atoms with Gasteiger partial charge in [-0.15, -0.1) is 0 Å². The molecule has 0 radical (unpaired) electrons. The highest BCUT2D eigenvalue weighted by Gasteiger charge is 2.13. The molecule has 2 nitrogen and oxygen atoms in total. The predicted octanol–water partition coefficient (Wildman–Crippen LogP) is 14.5. The molecule has 0 saturated heterocycles. The van der Waals surface area contributed by atoms with Gasteiger partial charge in [0.2, 0.25) is 0 Å². The Kier molecular flexibility index (Phi) is 8.99. The molecule has 0 aliphatic heterocycles. The molecule has 2 heterocycles. The summed E-state index contributed by atoms with van der Waals surface area (Å²) in [5.74, 6) is 13.6. The van der Waals surface area contributed by atoms with Crippen molar-refractivity contribution in [3.8, 4) is 34.8 Å². The lowest BCUT2D eigenvalue weighted by molar-refractivity contribution is 0.667. The van der Waals surface area contributed by atoms with Crippen LogP contribution in [-0.2, 0) is 0 Å². The van der Waals surface area contributed by atoms with Crippen LogP contribution in [0.5, 0.6) is 0 Å². The Labute approximate surface area is 343 Å². The van der Waals surface area contributed by atoms with Gasteiger partial charge in [-0.05, 0) is 85.6 Å². The summed E-state index contributed by atoms with van der Waals surface area (Å²) < 4.78 is 13.4. The van der Waals surface area contributed by atoms with Gasteiger partial charge in [0.1, 0.15) is 11.2 Å². The Bertz CT molecular complexity index is 3440. The Morgan fingerprint density at radius 3 is 1.37 bits per heavy atom. The molecular formula is C54H31IO2. The average molecular weight is 839 g/mol. The summed E-state index contributed by atoms with van der Waals surface area (Å²) in [5.41, 5.74) is 9.71. The van der Waals surface area contributed by atoms with Gasteiger partial charge in [0.25, 0.3) is 0 Å². The van der Waals surface area contributed by atoms with Gasteiger partial charge < -0.3 is 8.83 Å². The van der Waals surface area contributed by atoms with Crippen molar-refractivity contribution in [3.05, 3.63) is 214 Å². The van der Waals surface area contributed by atoms with E-state index in [1.54, 1.807) is 0 Å². The van der Waals surface area contributed by atoms with Crippen LogP contribution in [0.3, 0.4) is 0 Å². The fourth-order valence-electron chi connectivity index (χ4n) is 7.64. The van der Waals surface area contributed by atoms with Crippen LogP contribution in [0, 0.1) is 27.3 Å². The normalized spacial score (nSPS) is 11.0. The fourth-order valence-corrected chi connectivity index (χ4v) is 8.53. The van der Waals surface area contributed by atoms with Gasteiger partial charge >= 0.3 is 0 Å². The second-order valence-electron chi connectivity index (χ2n) is 13.8. The molecule has 3 heteroatoms. The van der Waals surface area contributed by atoms with Crippen molar-refractivity contribution in [1.82, 2.24) is 0 Å². The fraction of sp³-hybridized carbons (Fsp3) is 0. The van der Waals surface area contributed by atoms with E-state index < -0.39 is 0 Å². The van der Waals surface area contributed by atoms with Crippen LogP contribution in [0.4, 0.5) is 0 Å². The Morgan fingerprint density at radius 1 is 0.316 bits per heavy atom. The summed E-state index contributed by atoms with van der Waals surface area (Å²) in [5, 5.41) is 9.39. The van der Waals surface area contributed by atoms with E-state index in [-0.39, 0.29) is 0 Å². The monoisotopic (exact) mass is 838 g/mol. The van der Waals surface area contributed by atoms with Gasteiger partial charge in [0.15, 0.2) is 11.2 Å². The van der Waals surface area contributed by atoms with Crippen LogP contribution >= 0.6 is 22.6 Å².